The van der Waals surface area contributed by atoms with E-state index in [9.17, 15) is 14.7 Å². The molecule has 154 valence electrons. The number of amides is 2. The van der Waals surface area contributed by atoms with Crippen LogP contribution in [0.1, 0.15) is 36.9 Å². The average Bonchev–Trinajstić information content (AvgIpc) is 3.25. The molecule has 1 spiro atoms. The van der Waals surface area contributed by atoms with Gasteiger partial charge in [0.1, 0.15) is 5.75 Å². The second-order valence-electron chi connectivity index (χ2n) is 8.37. The van der Waals surface area contributed by atoms with Crippen LogP contribution in [0.25, 0.3) is 0 Å². The minimum absolute atomic E-state index is 0.133. The summed E-state index contributed by atoms with van der Waals surface area (Å²) in [6, 6.07) is 6.82. The zero-order chi connectivity index (χ0) is 20.3. The van der Waals surface area contributed by atoms with Crippen LogP contribution in [0.15, 0.2) is 36.8 Å². The molecule has 3 heterocycles. The molecule has 1 aromatic heterocycles. The number of aromatic amines is 1. The molecule has 2 saturated heterocycles. The monoisotopic (exact) mass is 396 g/mol. The number of phenols is 1. The lowest BCUT2D eigenvalue weighted by molar-refractivity contribution is -0.142. The second-order valence-corrected chi connectivity index (χ2v) is 8.37. The van der Waals surface area contributed by atoms with Gasteiger partial charge < -0.3 is 19.9 Å². The fourth-order valence-corrected chi connectivity index (χ4v) is 4.52. The maximum Gasteiger partial charge on any atom is 0.226 e. The van der Waals surface area contributed by atoms with Gasteiger partial charge in [0, 0.05) is 50.9 Å². The van der Waals surface area contributed by atoms with E-state index >= 15 is 0 Å². The van der Waals surface area contributed by atoms with E-state index in [-0.39, 0.29) is 23.0 Å². The van der Waals surface area contributed by atoms with Crippen molar-refractivity contribution >= 4 is 11.8 Å². The number of carbonyl (C=O) groups excluding carboxylic acids is 2. The molecule has 0 unspecified atom stereocenters. The Labute approximate surface area is 170 Å². The summed E-state index contributed by atoms with van der Waals surface area (Å²) < 4.78 is 0. The van der Waals surface area contributed by atoms with Crippen molar-refractivity contribution in [2.45, 2.75) is 38.5 Å². The minimum Gasteiger partial charge on any atom is -0.508 e. The third-order valence-corrected chi connectivity index (χ3v) is 6.42. The first-order valence-electron chi connectivity index (χ1n) is 10.3. The van der Waals surface area contributed by atoms with Gasteiger partial charge in [0.25, 0.3) is 0 Å². The van der Waals surface area contributed by atoms with Crippen LogP contribution in [0, 0.1) is 5.41 Å². The van der Waals surface area contributed by atoms with Gasteiger partial charge in [-0.3, -0.25) is 9.59 Å². The van der Waals surface area contributed by atoms with E-state index in [4.69, 9.17) is 0 Å². The lowest BCUT2D eigenvalue weighted by atomic mass is 9.72. The third-order valence-electron chi connectivity index (χ3n) is 6.42. The van der Waals surface area contributed by atoms with E-state index in [1.54, 1.807) is 30.6 Å². The van der Waals surface area contributed by atoms with Crippen LogP contribution >= 0.6 is 0 Å². The zero-order valence-corrected chi connectivity index (χ0v) is 16.6. The van der Waals surface area contributed by atoms with Gasteiger partial charge >= 0.3 is 0 Å². The van der Waals surface area contributed by atoms with Crippen molar-refractivity contribution in [3.05, 3.63) is 48.0 Å². The summed E-state index contributed by atoms with van der Waals surface area (Å²) in [6.45, 7) is 3.01. The summed E-state index contributed by atoms with van der Waals surface area (Å²) in [4.78, 5) is 36.1. The van der Waals surface area contributed by atoms with Crippen molar-refractivity contribution in [1.82, 2.24) is 19.8 Å². The summed E-state index contributed by atoms with van der Waals surface area (Å²) in [5.41, 5.74) is 2.10. The summed E-state index contributed by atoms with van der Waals surface area (Å²) >= 11 is 0. The van der Waals surface area contributed by atoms with Crippen LogP contribution in [0.5, 0.6) is 5.75 Å². The quantitative estimate of drug-likeness (QED) is 0.810. The Morgan fingerprint density at radius 3 is 2.62 bits per heavy atom. The smallest absolute Gasteiger partial charge is 0.226 e. The molecular formula is C22H28N4O3. The number of phenolic OH excluding ortho intramolecular Hbond substituents is 1. The van der Waals surface area contributed by atoms with E-state index in [0.717, 1.165) is 56.6 Å². The Kier molecular flexibility index (Phi) is 5.56. The SMILES string of the molecule is O=C(Cc1ccc(O)cc1)N1CCC2(CCC(=O)N(CCc3cnc[nH]3)C2)CC1. The fourth-order valence-electron chi connectivity index (χ4n) is 4.52. The molecule has 2 aliphatic heterocycles. The summed E-state index contributed by atoms with van der Waals surface area (Å²) in [5, 5.41) is 9.38. The van der Waals surface area contributed by atoms with Crippen LogP contribution in [-0.4, -0.2) is 62.9 Å². The molecule has 1 aromatic carbocycles. The van der Waals surface area contributed by atoms with Crippen LogP contribution in [0.2, 0.25) is 0 Å². The molecule has 0 radical (unpaired) electrons. The fraction of sp³-hybridized carbons (Fsp3) is 0.500. The highest BCUT2D eigenvalue weighted by Crippen LogP contribution is 2.40. The van der Waals surface area contributed by atoms with Crippen molar-refractivity contribution in [3.63, 3.8) is 0 Å². The molecule has 2 aromatic rings. The van der Waals surface area contributed by atoms with Crippen LogP contribution in [-0.2, 0) is 22.4 Å². The Hall–Kier alpha value is -2.83. The maximum atomic E-state index is 12.7. The Morgan fingerprint density at radius 1 is 1.17 bits per heavy atom. The molecule has 7 heteroatoms. The van der Waals surface area contributed by atoms with Crippen molar-refractivity contribution < 1.29 is 14.7 Å². The first kappa shape index (κ1) is 19.5. The number of benzene rings is 1. The van der Waals surface area contributed by atoms with E-state index in [1.807, 2.05) is 16.0 Å². The number of nitrogens with one attached hydrogen (secondary N) is 1. The van der Waals surface area contributed by atoms with Crippen molar-refractivity contribution in [1.29, 1.82) is 0 Å². The number of carbonyl (C=O) groups is 2. The highest BCUT2D eigenvalue weighted by molar-refractivity contribution is 5.79. The van der Waals surface area contributed by atoms with E-state index in [2.05, 4.69) is 9.97 Å². The molecule has 0 aliphatic carbocycles. The van der Waals surface area contributed by atoms with Crippen LogP contribution in [0.4, 0.5) is 0 Å². The number of likely N-dealkylation sites (tertiary alicyclic amines) is 2. The lowest BCUT2D eigenvalue weighted by Gasteiger charge is -2.47. The molecule has 0 saturated carbocycles. The summed E-state index contributed by atoms with van der Waals surface area (Å²) in [5.74, 6) is 0.583. The number of rotatable bonds is 5. The van der Waals surface area contributed by atoms with Gasteiger partial charge in [0.15, 0.2) is 0 Å². The molecule has 2 amide bonds. The van der Waals surface area contributed by atoms with Gasteiger partial charge in [-0.1, -0.05) is 12.1 Å². The molecule has 2 fully saturated rings. The average molecular weight is 396 g/mol. The number of imidazole rings is 1. The van der Waals surface area contributed by atoms with E-state index in [1.165, 1.54) is 0 Å². The minimum atomic E-state index is 0.133. The number of piperidine rings is 2. The number of H-pyrrole nitrogens is 1. The standard InChI is InChI=1S/C22H28N4O3/c27-19-3-1-17(2-4-19)13-21(29)25-11-8-22(9-12-25)7-5-20(28)26(15-22)10-6-18-14-23-16-24-18/h1-4,14,16,27H,5-13,15H2,(H,23,24). The first-order valence-corrected chi connectivity index (χ1v) is 10.3. The molecule has 2 N–H and O–H groups in total. The number of nitrogens with zero attached hydrogens (tertiary/aromatic N) is 3. The molecule has 0 bridgehead atoms. The summed E-state index contributed by atoms with van der Waals surface area (Å²) in [7, 11) is 0. The largest absolute Gasteiger partial charge is 0.508 e. The van der Waals surface area contributed by atoms with E-state index in [0.29, 0.717) is 19.4 Å². The Bertz CT molecular complexity index is 839. The zero-order valence-electron chi connectivity index (χ0n) is 16.6. The van der Waals surface area contributed by atoms with Crippen LogP contribution in [0.3, 0.4) is 0 Å². The van der Waals surface area contributed by atoms with Gasteiger partial charge in [0.05, 0.1) is 12.7 Å². The number of hydrogen-bond donors (Lipinski definition) is 2. The molecule has 4 rings (SSSR count). The third kappa shape index (κ3) is 4.60. The molecule has 2 aliphatic rings. The molecule has 7 nitrogen and oxygen atoms in total. The highest BCUT2D eigenvalue weighted by atomic mass is 16.3. The normalized spacial score (nSPS) is 19.0. The molecule has 29 heavy (non-hydrogen) atoms. The topological polar surface area (TPSA) is 89.5 Å². The Morgan fingerprint density at radius 2 is 1.93 bits per heavy atom. The van der Waals surface area contributed by atoms with Gasteiger partial charge in [0.2, 0.25) is 11.8 Å². The maximum absolute atomic E-state index is 12.7. The predicted octanol–water partition coefficient (Wildman–Crippen LogP) is 2.13. The van der Waals surface area contributed by atoms with Crippen molar-refractivity contribution in [3.8, 4) is 5.75 Å². The predicted molar refractivity (Wildman–Crippen MR) is 108 cm³/mol. The van der Waals surface area contributed by atoms with Gasteiger partial charge in [-0.25, -0.2) is 4.98 Å². The number of aromatic nitrogens is 2. The highest BCUT2D eigenvalue weighted by Gasteiger charge is 2.41. The van der Waals surface area contributed by atoms with Gasteiger partial charge in [-0.15, -0.1) is 0 Å². The molecule has 0 atom stereocenters. The number of hydrogen-bond acceptors (Lipinski definition) is 4. The molecular weight excluding hydrogens is 368 g/mol. The van der Waals surface area contributed by atoms with E-state index < -0.39 is 0 Å². The van der Waals surface area contributed by atoms with Crippen LogP contribution < -0.4 is 0 Å². The van der Waals surface area contributed by atoms with Gasteiger partial charge in [-0.05, 0) is 42.4 Å². The number of aromatic hydroxyl groups is 1. The van der Waals surface area contributed by atoms with Crippen molar-refractivity contribution in [2.24, 2.45) is 5.41 Å². The van der Waals surface area contributed by atoms with Gasteiger partial charge in [-0.2, -0.15) is 0 Å². The lowest BCUT2D eigenvalue weighted by Crippen LogP contribution is -2.52. The van der Waals surface area contributed by atoms with Crippen molar-refractivity contribution in [2.75, 3.05) is 26.2 Å². The first-order chi connectivity index (χ1) is 14.0. The summed E-state index contributed by atoms with van der Waals surface area (Å²) in [6.07, 6.45) is 8.05. The Balaban J connectivity index is 1.30. The second kappa shape index (κ2) is 8.27.